The van der Waals surface area contributed by atoms with Crippen molar-refractivity contribution in [2.75, 3.05) is 14.1 Å². The van der Waals surface area contributed by atoms with Crippen LogP contribution in [0.5, 0.6) is 0 Å². The van der Waals surface area contributed by atoms with Gasteiger partial charge in [0.25, 0.3) is 10.0 Å². The third-order valence-corrected chi connectivity index (χ3v) is 3.35. The van der Waals surface area contributed by atoms with Gasteiger partial charge in [0.05, 0.1) is 0 Å². The van der Waals surface area contributed by atoms with E-state index in [0.29, 0.717) is 0 Å². The van der Waals surface area contributed by atoms with Gasteiger partial charge in [0.1, 0.15) is 0 Å². The number of nitrogens with zero attached hydrogens (tertiary/aromatic N) is 2. The summed E-state index contributed by atoms with van der Waals surface area (Å²) in [7, 11) is -0.406. The molecule has 13 heavy (non-hydrogen) atoms. The first kappa shape index (κ1) is 10.1. The van der Waals surface area contributed by atoms with Gasteiger partial charge < -0.3 is 0 Å². The number of hydrogen-bond donors (Lipinski definition) is 0. The first-order valence-corrected chi connectivity index (χ1v) is 5.24. The van der Waals surface area contributed by atoms with Gasteiger partial charge in [-0.25, -0.2) is 17.7 Å². The molecule has 0 saturated heterocycles. The molecule has 1 rings (SSSR count). The van der Waals surface area contributed by atoms with E-state index in [1.165, 1.54) is 20.3 Å². The summed E-state index contributed by atoms with van der Waals surface area (Å²) in [6.45, 7) is 1.83. The molecule has 0 saturated carbocycles. The zero-order valence-corrected chi connectivity index (χ0v) is 8.67. The lowest BCUT2D eigenvalue weighted by Gasteiger charge is -2.10. The largest absolute Gasteiger partial charge is 0.260 e. The van der Waals surface area contributed by atoms with Crippen LogP contribution in [0, 0.1) is 6.92 Å². The van der Waals surface area contributed by atoms with Crippen molar-refractivity contribution in [3.63, 3.8) is 0 Å². The van der Waals surface area contributed by atoms with E-state index in [4.69, 9.17) is 0 Å². The van der Waals surface area contributed by atoms with Crippen LogP contribution in [0.25, 0.3) is 0 Å². The maximum atomic E-state index is 11.5. The summed E-state index contributed by atoms with van der Waals surface area (Å²) in [5.41, 5.74) is 0.885. The van der Waals surface area contributed by atoms with Crippen LogP contribution >= 0.6 is 0 Å². The standard InChI is InChI=1S/C8H12N2O2S/c1-7-4-5-9-8(6-7)13(11,12)10(2)3/h4-6H,1-3H3. The van der Waals surface area contributed by atoms with E-state index in [1.54, 1.807) is 12.1 Å². The molecule has 0 aliphatic heterocycles. The topological polar surface area (TPSA) is 50.3 Å². The zero-order valence-electron chi connectivity index (χ0n) is 7.85. The first-order valence-electron chi connectivity index (χ1n) is 3.80. The molecule has 1 heterocycles. The summed E-state index contributed by atoms with van der Waals surface area (Å²) < 4.78 is 24.2. The highest BCUT2D eigenvalue weighted by atomic mass is 32.2. The molecule has 0 bridgehead atoms. The molecule has 0 unspecified atom stereocenters. The van der Waals surface area contributed by atoms with Crippen LogP contribution in [-0.2, 0) is 10.0 Å². The molecular weight excluding hydrogens is 188 g/mol. The van der Waals surface area contributed by atoms with E-state index in [9.17, 15) is 8.42 Å². The Kier molecular flexibility index (Phi) is 2.68. The molecule has 0 spiro atoms. The van der Waals surface area contributed by atoms with E-state index in [-0.39, 0.29) is 5.03 Å². The number of hydrogen-bond acceptors (Lipinski definition) is 3. The SMILES string of the molecule is Cc1ccnc(S(=O)(=O)N(C)C)c1. The number of sulfonamides is 1. The predicted octanol–water partition coefficient (Wildman–Crippen LogP) is 0.640. The maximum Gasteiger partial charge on any atom is 0.260 e. The van der Waals surface area contributed by atoms with Gasteiger partial charge in [-0.05, 0) is 24.6 Å². The Morgan fingerprint density at radius 3 is 2.46 bits per heavy atom. The molecule has 0 aliphatic carbocycles. The molecule has 0 N–H and O–H groups in total. The Hall–Kier alpha value is -0.940. The Morgan fingerprint density at radius 1 is 1.38 bits per heavy atom. The van der Waals surface area contributed by atoms with Gasteiger partial charge in [0, 0.05) is 20.3 Å². The molecule has 1 aromatic heterocycles. The highest BCUT2D eigenvalue weighted by Crippen LogP contribution is 2.10. The first-order chi connectivity index (χ1) is 5.94. The van der Waals surface area contributed by atoms with Crippen molar-refractivity contribution < 1.29 is 8.42 Å². The highest BCUT2D eigenvalue weighted by molar-refractivity contribution is 7.89. The normalized spacial score (nSPS) is 12.0. The van der Waals surface area contributed by atoms with Crippen LogP contribution in [0.3, 0.4) is 0 Å². The molecule has 72 valence electrons. The van der Waals surface area contributed by atoms with E-state index >= 15 is 0 Å². The lowest BCUT2D eigenvalue weighted by molar-refractivity contribution is 0.517. The van der Waals surface area contributed by atoms with Gasteiger partial charge >= 0.3 is 0 Å². The fourth-order valence-corrected chi connectivity index (χ4v) is 1.74. The summed E-state index contributed by atoms with van der Waals surface area (Å²) in [5, 5.41) is 0.0949. The number of pyridine rings is 1. The minimum absolute atomic E-state index is 0.0949. The van der Waals surface area contributed by atoms with Crippen molar-refractivity contribution in [3.8, 4) is 0 Å². The zero-order chi connectivity index (χ0) is 10.1. The van der Waals surface area contributed by atoms with E-state index in [1.807, 2.05) is 6.92 Å². The van der Waals surface area contributed by atoms with Crippen LogP contribution < -0.4 is 0 Å². The van der Waals surface area contributed by atoms with Gasteiger partial charge in [-0.1, -0.05) is 0 Å². The van der Waals surface area contributed by atoms with Crippen molar-refractivity contribution in [1.82, 2.24) is 9.29 Å². The van der Waals surface area contributed by atoms with Crippen molar-refractivity contribution in [2.45, 2.75) is 11.9 Å². The van der Waals surface area contributed by atoms with Gasteiger partial charge in [-0.3, -0.25) is 0 Å². The minimum atomic E-state index is -3.38. The van der Waals surface area contributed by atoms with Crippen molar-refractivity contribution in [2.24, 2.45) is 0 Å². The van der Waals surface area contributed by atoms with Crippen molar-refractivity contribution in [1.29, 1.82) is 0 Å². The number of rotatable bonds is 2. The second-order valence-corrected chi connectivity index (χ2v) is 5.06. The van der Waals surface area contributed by atoms with Gasteiger partial charge in [0.15, 0.2) is 5.03 Å². The van der Waals surface area contributed by atoms with Crippen LogP contribution in [0.4, 0.5) is 0 Å². The molecule has 0 aromatic carbocycles. The Bertz CT molecular complexity index is 398. The predicted molar refractivity (Wildman–Crippen MR) is 49.8 cm³/mol. The Morgan fingerprint density at radius 2 is 2.00 bits per heavy atom. The lowest BCUT2D eigenvalue weighted by atomic mass is 10.3. The Balaban J connectivity index is 3.24. The summed E-state index contributed by atoms with van der Waals surface area (Å²) in [5.74, 6) is 0. The lowest BCUT2D eigenvalue weighted by Crippen LogP contribution is -2.23. The van der Waals surface area contributed by atoms with E-state index < -0.39 is 10.0 Å². The average Bonchev–Trinajstić information content (AvgIpc) is 2.04. The minimum Gasteiger partial charge on any atom is -0.243 e. The third kappa shape index (κ3) is 2.05. The van der Waals surface area contributed by atoms with E-state index in [2.05, 4.69) is 4.98 Å². The third-order valence-electron chi connectivity index (χ3n) is 1.64. The average molecular weight is 200 g/mol. The van der Waals surface area contributed by atoms with Crippen LogP contribution in [-0.4, -0.2) is 31.8 Å². The summed E-state index contributed by atoms with van der Waals surface area (Å²) >= 11 is 0. The molecule has 0 aliphatic rings. The van der Waals surface area contributed by atoms with Crippen molar-refractivity contribution >= 4 is 10.0 Å². The second kappa shape index (κ2) is 3.43. The number of aryl methyl sites for hydroxylation is 1. The summed E-state index contributed by atoms with van der Waals surface area (Å²) in [6.07, 6.45) is 1.49. The van der Waals surface area contributed by atoms with Crippen molar-refractivity contribution in [3.05, 3.63) is 23.9 Å². The fraction of sp³-hybridized carbons (Fsp3) is 0.375. The van der Waals surface area contributed by atoms with Gasteiger partial charge in [-0.15, -0.1) is 0 Å². The molecule has 0 amide bonds. The quantitative estimate of drug-likeness (QED) is 0.704. The maximum absolute atomic E-state index is 11.5. The summed E-state index contributed by atoms with van der Waals surface area (Å²) in [4.78, 5) is 3.80. The smallest absolute Gasteiger partial charge is 0.243 e. The molecule has 0 fully saturated rings. The Labute approximate surface area is 78.3 Å². The second-order valence-electron chi connectivity index (χ2n) is 2.96. The fourth-order valence-electron chi connectivity index (χ4n) is 0.837. The van der Waals surface area contributed by atoms with Crippen LogP contribution in [0.15, 0.2) is 23.4 Å². The monoisotopic (exact) mass is 200 g/mol. The van der Waals surface area contributed by atoms with Gasteiger partial charge in [0.2, 0.25) is 0 Å². The summed E-state index contributed by atoms with van der Waals surface area (Å²) in [6, 6.07) is 3.31. The molecule has 1 aromatic rings. The molecule has 5 heteroatoms. The number of aromatic nitrogens is 1. The van der Waals surface area contributed by atoms with Gasteiger partial charge in [-0.2, -0.15) is 0 Å². The van der Waals surface area contributed by atoms with Crippen LogP contribution in [0.2, 0.25) is 0 Å². The van der Waals surface area contributed by atoms with E-state index in [0.717, 1.165) is 9.87 Å². The molecular formula is C8H12N2O2S. The molecule has 4 nitrogen and oxygen atoms in total. The molecule has 0 atom stereocenters. The van der Waals surface area contributed by atoms with Crippen LogP contribution in [0.1, 0.15) is 5.56 Å². The highest BCUT2D eigenvalue weighted by Gasteiger charge is 2.18. The molecule has 0 radical (unpaired) electrons.